The van der Waals surface area contributed by atoms with Crippen molar-refractivity contribution in [3.05, 3.63) is 21.0 Å². The van der Waals surface area contributed by atoms with Gasteiger partial charge in [-0.3, -0.25) is 0 Å². The van der Waals surface area contributed by atoms with Crippen LogP contribution in [-0.4, -0.2) is 27.1 Å². The van der Waals surface area contributed by atoms with Gasteiger partial charge in [0.25, 0.3) is 0 Å². The highest BCUT2D eigenvalue weighted by molar-refractivity contribution is 5.49. The molecule has 0 amide bonds. The molecule has 0 N–H and O–H groups in total. The number of aromatic nitrogens is 3. The Balaban J connectivity index is 1.69. The standard InChI is InChI=1S/C13H13N3O3/c1-14-10(17)15-8-4-5-7-6(4)12(8)2-19-3-13(7,12)9(5)16(15)11(14)18/h4-9H,2-3H2,1H3/t4-,5-,6-,7+,8+,9+,12+,13-/m0/s1. The molecule has 0 unspecified atom stereocenters. The fraction of sp³-hybridized carbons (Fsp3) is 0.846. The summed E-state index contributed by atoms with van der Waals surface area (Å²) in [6.45, 7) is 1.63. The quantitative estimate of drug-likeness (QED) is 0.598. The van der Waals surface area contributed by atoms with Crippen LogP contribution in [0.25, 0.3) is 0 Å². The van der Waals surface area contributed by atoms with E-state index in [0.717, 1.165) is 25.0 Å². The van der Waals surface area contributed by atoms with Crippen molar-refractivity contribution in [1.82, 2.24) is 13.9 Å². The van der Waals surface area contributed by atoms with Crippen LogP contribution in [0.15, 0.2) is 9.59 Å². The Morgan fingerprint density at radius 3 is 1.95 bits per heavy atom. The summed E-state index contributed by atoms with van der Waals surface area (Å²) in [5, 5.41) is 0. The lowest BCUT2D eigenvalue weighted by Gasteiger charge is -2.99. The van der Waals surface area contributed by atoms with E-state index in [9.17, 15) is 9.59 Å². The number of nitrogens with zero attached hydrogens (tertiary/aromatic N) is 3. The molecule has 4 saturated carbocycles. The number of ether oxygens (including phenoxy) is 1. The maximum atomic E-state index is 12.4. The minimum absolute atomic E-state index is 0.123. The molecule has 0 radical (unpaired) electrons. The fourth-order valence-corrected chi connectivity index (χ4v) is 7.74. The molecule has 6 heteroatoms. The second-order valence-corrected chi connectivity index (χ2v) is 7.48. The van der Waals surface area contributed by atoms with E-state index in [0.29, 0.717) is 11.8 Å². The van der Waals surface area contributed by atoms with E-state index in [1.165, 1.54) is 4.57 Å². The van der Waals surface area contributed by atoms with Gasteiger partial charge in [-0.05, 0) is 23.7 Å². The average Bonchev–Trinajstić information content (AvgIpc) is 2.87. The molecule has 2 spiro atoms. The Morgan fingerprint density at radius 2 is 1.47 bits per heavy atom. The van der Waals surface area contributed by atoms with Crippen molar-refractivity contribution in [3.8, 4) is 0 Å². The van der Waals surface area contributed by atoms with Crippen LogP contribution >= 0.6 is 0 Å². The predicted molar refractivity (Wildman–Crippen MR) is 61.7 cm³/mol. The van der Waals surface area contributed by atoms with E-state index in [2.05, 4.69) is 0 Å². The first-order chi connectivity index (χ1) is 9.18. The molecule has 98 valence electrons. The van der Waals surface area contributed by atoms with Gasteiger partial charge in [0.15, 0.2) is 0 Å². The lowest BCUT2D eigenvalue weighted by atomic mass is 9.06. The molecule has 4 aliphatic carbocycles. The monoisotopic (exact) mass is 259 g/mol. The summed E-state index contributed by atoms with van der Waals surface area (Å²) in [5.41, 5.74) is 0.197. The first-order valence-corrected chi connectivity index (χ1v) is 7.16. The second-order valence-electron chi connectivity index (χ2n) is 7.48. The van der Waals surface area contributed by atoms with Crippen molar-refractivity contribution in [2.45, 2.75) is 12.1 Å². The van der Waals surface area contributed by atoms with Crippen LogP contribution in [0.1, 0.15) is 12.1 Å². The van der Waals surface area contributed by atoms with Gasteiger partial charge in [0, 0.05) is 17.9 Å². The van der Waals surface area contributed by atoms with Crippen molar-refractivity contribution >= 4 is 0 Å². The molecule has 8 rings (SSSR count). The topological polar surface area (TPSA) is 58.2 Å². The van der Waals surface area contributed by atoms with Crippen LogP contribution in [-0.2, 0) is 11.8 Å². The Kier molecular flexibility index (Phi) is 0.873. The van der Waals surface area contributed by atoms with Crippen molar-refractivity contribution < 1.29 is 4.74 Å². The highest BCUT2D eigenvalue weighted by Crippen LogP contribution is 3.03. The number of hydrogen-bond acceptors (Lipinski definition) is 3. The van der Waals surface area contributed by atoms with E-state index in [1.807, 2.05) is 0 Å². The molecule has 2 bridgehead atoms. The zero-order valence-corrected chi connectivity index (χ0v) is 10.4. The van der Waals surface area contributed by atoms with Crippen LogP contribution in [0.5, 0.6) is 0 Å². The molecule has 7 aliphatic rings. The number of hydrogen-bond donors (Lipinski definition) is 0. The summed E-state index contributed by atoms with van der Waals surface area (Å²) in [6, 6.07) is 0.503. The Bertz CT molecular complexity index is 768. The summed E-state index contributed by atoms with van der Waals surface area (Å²) in [4.78, 5) is 24.7. The third kappa shape index (κ3) is 0.429. The van der Waals surface area contributed by atoms with Crippen LogP contribution in [0, 0.1) is 34.5 Å². The minimum atomic E-state index is -0.123. The zero-order valence-electron chi connectivity index (χ0n) is 10.4. The molecule has 1 aromatic rings. The molecule has 1 aromatic heterocycles. The van der Waals surface area contributed by atoms with Gasteiger partial charge < -0.3 is 4.74 Å². The molecule has 4 heterocycles. The zero-order chi connectivity index (χ0) is 12.5. The second kappa shape index (κ2) is 1.89. The average molecular weight is 259 g/mol. The van der Waals surface area contributed by atoms with Crippen molar-refractivity contribution in [3.63, 3.8) is 0 Å². The van der Waals surface area contributed by atoms with Crippen LogP contribution in [0.2, 0.25) is 0 Å². The third-order valence-corrected chi connectivity index (χ3v) is 7.91. The highest BCUT2D eigenvalue weighted by Gasteiger charge is 3.04. The summed E-state index contributed by atoms with van der Waals surface area (Å²) < 4.78 is 10.7. The lowest BCUT2D eigenvalue weighted by Crippen LogP contribution is -3.00. The molecule has 0 aromatic carbocycles. The first kappa shape index (κ1) is 8.79. The molecule has 8 atom stereocenters. The van der Waals surface area contributed by atoms with Gasteiger partial charge in [-0.15, -0.1) is 0 Å². The molecular formula is C13H13N3O3. The van der Waals surface area contributed by atoms with Gasteiger partial charge in [0.1, 0.15) is 0 Å². The molecule has 6 nitrogen and oxygen atoms in total. The van der Waals surface area contributed by atoms with E-state index in [-0.39, 0.29) is 34.3 Å². The van der Waals surface area contributed by atoms with E-state index < -0.39 is 0 Å². The van der Waals surface area contributed by atoms with Gasteiger partial charge in [-0.1, -0.05) is 0 Å². The van der Waals surface area contributed by atoms with Crippen molar-refractivity contribution in [2.24, 2.45) is 41.5 Å². The largest absolute Gasteiger partial charge is 0.380 e. The van der Waals surface area contributed by atoms with Gasteiger partial charge in [0.2, 0.25) is 0 Å². The van der Waals surface area contributed by atoms with Crippen molar-refractivity contribution in [2.75, 3.05) is 13.2 Å². The van der Waals surface area contributed by atoms with Crippen LogP contribution in [0.3, 0.4) is 0 Å². The van der Waals surface area contributed by atoms with Gasteiger partial charge in [0.05, 0.1) is 25.3 Å². The maximum Gasteiger partial charge on any atom is 0.347 e. The van der Waals surface area contributed by atoms with Gasteiger partial charge in [-0.25, -0.2) is 23.5 Å². The normalized spacial score (nSPS) is 63.2. The summed E-state index contributed by atoms with van der Waals surface area (Å²) in [7, 11) is 1.61. The van der Waals surface area contributed by atoms with Gasteiger partial charge >= 0.3 is 11.4 Å². The van der Waals surface area contributed by atoms with E-state index in [1.54, 1.807) is 16.4 Å². The van der Waals surface area contributed by atoms with Crippen molar-refractivity contribution in [1.29, 1.82) is 0 Å². The molecule has 3 aliphatic heterocycles. The summed E-state index contributed by atoms with van der Waals surface area (Å²) in [5.74, 6) is 2.94. The van der Waals surface area contributed by atoms with Crippen LogP contribution < -0.4 is 11.4 Å². The molecule has 19 heavy (non-hydrogen) atoms. The number of rotatable bonds is 0. The van der Waals surface area contributed by atoms with E-state index in [4.69, 9.17) is 4.74 Å². The maximum absolute atomic E-state index is 12.4. The Morgan fingerprint density at radius 1 is 1.00 bits per heavy atom. The third-order valence-electron chi connectivity index (χ3n) is 7.91. The highest BCUT2D eigenvalue weighted by atomic mass is 16.5. The Labute approximate surface area is 107 Å². The smallest absolute Gasteiger partial charge is 0.347 e. The first-order valence-electron chi connectivity index (χ1n) is 7.16. The lowest BCUT2D eigenvalue weighted by molar-refractivity contribution is -0.533. The molecule has 1 saturated heterocycles. The van der Waals surface area contributed by atoms with Gasteiger partial charge in [-0.2, -0.15) is 0 Å². The SMILES string of the molecule is Cn1c(=O)n2n(c1=O)[C@@H]1[C@H]3[C@H]4[C@@H]5[C@H]3[C@]13COC[C@@]53[C@@H]42. The summed E-state index contributed by atoms with van der Waals surface area (Å²) in [6.07, 6.45) is 0. The predicted octanol–water partition coefficient (Wildman–Crippen LogP) is -1.03. The summed E-state index contributed by atoms with van der Waals surface area (Å²) >= 11 is 0. The van der Waals surface area contributed by atoms with E-state index >= 15 is 0 Å². The molecular weight excluding hydrogens is 246 g/mol. The molecule has 5 fully saturated rings. The van der Waals surface area contributed by atoms with Crippen LogP contribution in [0.4, 0.5) is 0 Å². The minimum Gasteiger partial charge on any atom is -0.380 e. The Hall–Kier alpha value is -1.30. The fourth-order valence-electron chi connectivity index (χ4n) is 7.74.